The Bertz CT molecular complexity index is 686. The molecule has 0 aliphatic carbocycles. The first-order valence-electron chi connectivity index (χ1n) is 8.74. The molecule has 0 spiro atoms. The molecule has 0 saturated carbocycles. The minimum Gasteiger partial charge on any atom is -0.360 e. The molecular formula is C20H25N3O. The lowest BCUT2D eigenvalue weighted by molar-refractivity contribution is 0.0612. The van der Waals surface area contributed by atoms with Crippen molar-refractivity contribution in [1.29, 1.82) is 0 Å². The molecule has 3 rings (SSSR count). The van der Waals surface area contributed by atoms with E-state index >= 15 is 0 Å². The van der Waals surface area contributed by atoms with Gasteiger partial charge in [0, 0.05) is 37.5 Å². The fraction of sp³-hybridized carbons (Fsp3) is 0.400. The summed E-state index contributed by atoms with van der Waals surface area (Å²) < 4.78 is 0. The zero-order valence-electron chi connectivity index (χ0n) is 14.5. The van der Waals surface area contributed by atoms with Crippen LogP contribution < -0.4 is 4.90 Å². The Morgan fingerprint density at radius 1 is 1.21 bits per heavy atom. The Morgan fingerprint density at radius 3 is 2.75 bits per heavy atom. The molecule has 2 heterocycles. The number of amides is 1. The first kappa shape index (κ1) is 16.5. The second-order valence-corrected chi connectivity index (χ2v) is 6.31. The van der Waals surface area contributed by atoms with Crippen LogP contribution in [0.5, 0.6) is 0 Å². The van der Waals surface area contributed by atoms with Crippen LogP contribution in [0.2, 0.25) is 0 Å². The Hall–Kier alpha value is -2.36. The van der Waals surface area contributed by atoms with Gasteiger partial charge in [-0.3, -0.25) is 4.79 Å². The van der Waals surface area contributed by atoms with E-state index in [0.717, 1.165) is 49.3 Å². The molecule has 0 radical (unpaired) electrons. The van der Waals surface area contributed by atoms with E-state index in [4.69, 9.17) is 0 Å². The van der Waals surface area contributed by atoms with Crippen molar-refractivity contribution in [3.63, 3.8) is 0 Å². The van der Waals surface area contributed by atoms with Crippen LogP contribution in [0, 0.1) is 0 Å². The normalized spacial score (nSPS) is 17.6. The quantitative estimate of drug-likeness (QED) is 0.856. The molecule has 0 bridgehead atoms. The Labute approximate surface area is 144 Å². The van der Waals surface area contributed by atoms with Crippen LogP contribution in [0.1, 0.15) is 48.1 Å². The number of pyridine rings is 1. The van der Waals surface area contributed by atoms with E-state index in [0.29, 0.717) is 0 Å². The van der Waals surface area contributed by atoms with Crippen molar-refractivity contribution in [1.82, 2.24) is 9.88 Å². The standard InChI is InChI=1S/C20H25N3O/c1-3-22(2)19-17(12-9-14-21-19)18-13-7-8-15-23(18)20(24)16-10-5-4-6-11-16/h4-6,9-12,14,18H,3,7-8,13,15H2,1-2H3. The second kappa shape index (κ2) is 7.47. The van der Waals surface area contributed by atoms with Crippen LogP contribution in [-0.4, -0.2) is 35.9 Å². The zero-order valence-corrected chi connectivity index (χ0v) is 14.5. The number of hydrogen-bond donors (Lipinski definition) is 0. The van der Waals surface area contributed by atoms with Gasteiger partial charge in [0.25, 0.3) is 5.91 Å². The summed E-state index contributed by atoms with van der Waals surface area (Å²) in [5, 5.41) is 0. The minimum absolute atomic E-state index is 0.101. The summed E-state index contributed by atoms with van der Waals surface area (Å²) in [6, 6.07) is 13.8. The molecule has 1 atom stereocenters. The van der Waals surface area contributed by atoms with Crippen molar-refractivity contribution in [2.45, 2.75) is 32.2 Å². The maximum Gasteiger partial charge on any atom is 0.254 e. The van der Waals surface area contributed by atoms with Gasteiger partial charge in [-0.2, -0.15) is 0 Å². The van der Waals surface area contributed by atoms with Crippen LogP contribution >= 0.6 is 0 Å². The van der Waals surface area contributed by atoms with Crippen LogP contribution in [0.15, 0.2) is 48.7 Å². The van der Waals surface area contributed by atoms with Crippen molar-refractivity contribution in [3.05, 3.63) is 59.8 Å². The first-order valence-corrected chi connectivity index (χ1v) is 8.74. The van der Waals surface area contributed by atoms with Gasteiger partial charge >= 0.3 is 0 Å². The number of carbonyl (C=O) groups is 1. The van der Waals surface area contributed by atoms with E-state index in [1.165, 1.54) is 0 Å². The summed E-state index contributed by atoms with van der Waals surface area (Å²) in [5.41, 5.74) is 1.92. The topological polar surface area (TPSA) is 36.4 Å². The summed E-state index contributed by atoms with van der Waals surface area (Å²) in [5.74, 6) is 1.10. The first-order chi connectivity index (χ1) is 11.7. The van der Waals surface area contributed by atoms with Gasteiger partial charge in [-0.1, -0.05) is 24.3 Å². The highest BCUT2D eigenvalue weighted by atomic mass is 16.2. The van der Waals surface area contributed by atoms with Gasteiger partial charge in [-0.15, -0.1) is 0 Å². The highest BCUT2D eigenvalue weighted by Gasteiger charge is 2.30. The third-order valence-electron chi connectivity index (χ3n) is 4.80. The predicted molar refractivity (Wildman–Crippen MR) is 97.3 cm³/mol. The molecule has 1 aromatic heterocycles. The molecule has 1 saturated heterocycles. The molecule has 1 aromatic carbocycles. The minimum atomic E-state index is 0.101. The molecule has 24 heavy (non-hydrogen) atoms. The van der Waals surface area contributed by atoms with Crippen LogP contribution in [0.3, 0.4) is 0 Å². The van der Waals surface area contributed by atoms with Crippen molar-refractivity contribution < 1.29 is 4.79 Å². The second-order valence-electron chi connectivity index (χ2n) is 6.31. The molecule has 2 aromatic rings. The molecule has 4 heteroatoms. The number of carbonyl (C=O) groups excluding carboxylic acids is 1. The van der Waals surface area contributed by atoms with E-state index in [1.807, 2.05) is 47.5 Å². The monoisotopic (exact) mass is 323 g/mol. The Kier molecular flexibility index (Phi) is 5.14. The van der Waals surface area contributed by atoms with Gasteiger partial charge in [0.15, 0.2) is 0 Å². The van der Waals surface area contributed by atoms with Gasteiger partial charge in [0.2, 0.25) is 0 Å². The van der Waals surface area contributed by atoms with Crippen molar-refractivity contribution in [2.24, 2.45) is 0 Å². The summed E-state index contributed by atoms with van der Waals surface area (Å²) in [6.45, 7) is 3.82. The number of likely N-dealkylation sites (tertiary alicyclic amines) is 1. The zero-order chi connectivity index (χ0) is 16.9. The Morgan fingerprint density at radius 2 is 2.00 bits per heavy atom. The molecule has 1 fully saturated rings. The summed E-state index contributed by atoms with van der Waals surface area (Å²) in [4.78, 5) is 21.8. The fourth-order valence-corrected chi connectivity index (χ4v) is 3.38. The smallest absolute Gasteiger partial charge is 0.254 e. The molecular weight excluding hydrogens is 298 g/mol. The summed E-state index contributed by atoms with van der Waals surface area (Å²) in [7, 11) is 2.05. The number of piperidine rings is 1. The molecule has 1 unspecified atom stereocenters. The van der Waals surface area contributed by atoms with Crippen LogP contribution in [0.4, 0.5) is 5.82 Å². The number of aromatic nitrogens is 1. The molecule has 1 aliphatic rings. The van der Waals surface area contributed by atoms with Crippen molar-refractivity contribution >= 4 is 11.7 Å². The van der Waals surface area contributed by atoms with Gasteiger partial charge in [-0.05, 0) is 44.4 Å². The van der Waals surface area contributed by atoms with Crippen molar-refractivity contribution in [2.75, 3.05) is 25.0 Å². The lowest BCUT2D eigenvalue weighted by Gasteiger charge is -2.37. The van der Waals surface area contributed by atoms with Gasteiger partial charge in [-0.25, -0.2) is 4.98 Å². The average molecular weight is 323 g/mol. The van der Waals surface area contributed by atoms with Crippen LogP contribution in [0.25, 0.3) is 0 Å². The average Bonchev–Trinajstić information content (AvgIpc) is 2.67. The molecule has 0 N–H and O–H groups in total. The molecule has 1 amide bonds. The lowest BCUT2D eigenvalue weighted by Crippen LogP contribution is -2.39. The third-order valence-corrected chi connectivity index (χ3v) is 4.80. The van der Waals surface area contributed by atoms with Crippen molar-refractivity contribution in [3.8, 4) is 0 Å². The van der Waals surface area contributed by atoms with E-state index in [-0.39, 0.29) is 11.9 Å². The summed E-state index contributed by atoms with van der Waals surface area (Å²) >= 11 is 0. The molecule has 4 nitrogen and oxygen atoms in total. The Balaban J connectivity index is 1.95. The number of anilines is 1. The fourth-order valence-electron chi connectivity index (χ4n) is 3.38. The number of rotatable bonds is 4. The number of hydrogen-bond acceptors (Lipinski definition) is 3. The maximum atomic E-state index is 13.0. The largest absolute Gasteiger partial charge is 0.360 e. The van der Waals surface area contributed by atoms with Gasteiger partial charge in [0.05, 0.1) is 6.04 Å². The SMILES string of the molecule is CCN(C)c1ncccc1C1CCCCN1C(=O)c1ccccc1. The van der Waals surface area contributed by atoms with E-state index in [2.05, 4.69) is 29.9 Å². The van der Waals surface area contributed by atoms with E-state index < -0.39 is 0 Å². The van der Waals surface area contributed by atoms with E-state index in [9.17, 15) is 4.79 Å². The highest BCUT2D eigenvalue weighted by molar-refractivity contribution is 5.94. The maximum absolute atomic E-state index is 13.0. The van der Waals surface area contributed by atoms with Gasteiger partial charge < -0.3 is 9.80 Å². The van der Waals surface area contributed by atoms with Crippen LogP contribution in [-0.2, 0) is 0 Å². The number of nitrogens with zero attached hydrogens (tertiary/aromatic N) is 3. The lowest BCUT2D eigenvalue weighted by atomic mass is 9.94. The van der Waals surface area contributed by atoms with E-state index in [1.54, 1.807) is 0 Å². The molecule has 1 aliphatic heterocycles. The number of benzene rings is 1. The van der Waals surface area contributed by atoms with Gasteiger partial charge in [0.1, 0.15) is 5.82 Å². The third kappa shape index (κ3) is 3.28. The molecule has 126 valence electrons. The predicted octanol–water partition coefficient (Wildman–Crippen LogP) is 3.91. The summed E-state index contributed by atoms with van der Waals surface area (Å²) in [6.07, 6.45) is 5.04. The highest BCUT2D eigenvalue weighted by Crippen LogP contribution is 2.36.